The lowest BCUT2D eigenvalue weighted by atomic mass is 10.0. The molecule has 4 heteroatoms. The van der Waals surface area contributed by atoms with Crippen molar-refractivity contribution in [3.05, 3.63) is 42.1 Å². The molecule has 0 radical (unpaired) electrons. The lowest BCUT2D eigenvalue weighted by Crippen LogP contribution is -2.15. The second-order valence-electron chi connectivity index (χ2n) is 5.27. The van der Waals surface area contributed by atoms with Gasteiger partial charge in [-0.3, -0.25) is 0 Å². The summed E-state index contributed by atoms with van der Waals surface area (Å²) in [4.78, 5) is 4.15. The average molecular weight is 284 g/mol. The number of aromatic nitrogens is 1. The van der Waals surface area contributed by atoms with Crippen LogP contribution in [0.2, 0.25) is 0 Å². The molecule has 1 aliphatic rings. The first-order valence-electron chi connectivity index (χ1n) is 7.21. The smallest absolute Gasteiger partial charge is 0.213 e. The maximum Gasteiger partial charge on any atom is 0.213 e. The van der Waals surface area contributed by atoms with E-state index in [9.17, 15) is 0 Å². The van der Waals surface area contributed by atoms with Gasteiger partial charge >= 0.3 is 0 Å². The molecule has 0 spiro atoms. The molecule has 0 aliphatic heterocycles. The van der Waals surface area contributed by atoms with E-state index in [1.165, 1.54) is 18.4 Å². The Morgan fingerprint density at radius 3 is 2.62 bits per heavy atom. The number of hydrogen-bond donors (Lipinski definition) is 1. The fourth-order valence-corrected chi connectivity index (χ4v) is 2.34. The van der Waals surface area contributed by atoms with Gasteiger partial charge < -0.3 is 14.8 Å². The molecule has 1 fully saturated rings. The number of nitrogens with zero attached hydrogens (tertiary/aromatic N) is 1. The third-order valence-corrected chi connectivity index (χ3v) is 3.72. The van der Waals surface area contributed by atoms with Crippen molar-refractivity contribution < 1.29 is 9.47 Å². The minimum absolute atomic E-state index is 0.626. The lowest BCUT2D eigenvalue weighted by molar-refractivity contribution is 0.398. The summed E-state index contributed by atoms with van der Waals surface area (Å²) in [6.45, 7) is 0.837. The molecule has 0 atom stereocenters. The number of pyridine rings is 1. The Morgan fingerprint density at radius 1 is 1.10 bits per heavy atom. The number of hydrogen-bond acceptors (Lipinski definition) is 4. The van der Waals surface area contributed by atoms with Crippen LogP contribution in [0.15, 0.2) is 36.5 Å². The minimum Gasteiger partial charge on any atom is -0.496 e. The first-order chi connectivity index (χ1) is 10.3. The number of methoxy groups -OCH3 is 2. The molecule has 0 unspecified atom stereocenters. The van der Waals surface area contributed by atoms with Crippen molar-refractivity contribution in [2.75, 3.05) is 14.2 Å². The highest BCUT2D eigenvalue weighted by Crippen LogP contribution is 2.29. The summed E-state index contributed by atoms with van der Waals surface area (Å²) in [5, 5.41) is 3.53. The van der Waals surface area contributed by atoms with E-state index in [-0.39, 0.29) is 0 Å². The van der Waals surface area contributed by atoms with Crippen LogP contribution in [0.4, 0.5) is 0 Å². The van der Waals surface area contributed by atoms with E-state index in [0.717, 1.165) is 23.4 Å². The number of nitrogens with one attached hydrogen (secondary N) is 1. The first kappa shape index (κ1) is 13.9. The minimum atomic E-state index is 0.626. The molecular formula is C17H20N2O2. The molecule has 21 heavy (non-hydrogen) atoms. The first-order valence-corrected chi connectivity index (χ1v) is 7.21. The van der Waals surface area contributed by atoms with E-state index >= 15 is 0 Å². The van der Waals surface area contributed by atoms with Crippen LogP contribution in [-0.2, 0) is 6.54 Å². The molecule has 1 aromatic heterocycles. The normalized spacial score (nSPS) is 14.0. The number of benzene rings is 1. The van der Waals surface area contributed by atoms with Crippen LogP contribution in [0, 0.1) is 0 Å². The van der Waals surface area contributed by atoms with Crippen molar-refractivity contribution in [2.24, 2.45) is 0 Å². The number of rotatable bonds is 6. The van der Waals surface area contributed by atoms with Gasteiger partial charge in [0.1, 0.15) is 5.75 Å². The van der Waals surface area contributed by atoms with Gasteiger partial charge in [0.05, 0.1) is 14.2 Å². The molecule has 110 valence electrons. The van der Waals surface area contributed by atoms with E-state index in [4.69, 9.17) is 9.47 Å². The zero-order valence-electron chi connectivity index (χ0n) is 12.4. The fourth-order valence-electron chi connectivity index (χ4n) is 2.34. The molecule has 4 nitrogen and oxygen atoms in total. The van der Waals surface area contributed by atoms with Crippen LogP contribution in [-0.4, -0.2) is 25.2 Å². The van der Waals surface area contributed by atoms with Gasteiger partial charge in [-0.05, 0) is 42.2 Å². The van der Waals surface area contributed by atoms with Crippen LogP contribution >= 0.6 is 0 Å². The summed E-state index contributed by atoms with van der Waals surface area (Å²) in [6.07, 6.45) is 4.33. The van der Waals surface area contributed by atoms with E-state index in [1.54, 1.807) is 20.4 Å². The predicted octanol–water partition coefficient (Wildman–Crippen LogP) is 3.02. The average Bonchev–Trinajstić information content (AvgIpc) is 3.37. The summed E-state index contributed by atoms with van der Waals surface area (Å²) < 4.78 is 10.6. The molecule has 1 saturated carbocycles. The van der Waals surface area contributed by atoms with Crippen molar-refractivity contribution in [3.8, 4) is 22.8 Å². The van der Waals surface area contributed by atoms with Gasteiger partial charge in [-0.2, -0.15) is 0 Å². The quantitative estimate of drug-likeness (QED) is 0.885. The molecule has 0 bridgehead atoms. The third kappa shape index (κ3) is 3.34. The molecule has 3 rings (SSSR count). The fraction of sp³-hybridized carbons (Fsp3) is 0.353. The standard InChI is InChI=1S/C17H20N2O2/c1-20-16-6-3-12(9-14(16)11-19-15-4-5-15)13-7-8-18-17(10-13)21-2/h3,6-10,15,19H,4-5,11H2,1-2H3. The Bertz CT molecular complexity index is 624. The number of ether oxygens (including phenoxy) is 2. The van der Waals surface area contributed by atoms with Gasteiger partial charge in [0.2, 0.25) is 5.88 Å². The highest BCUT2D eigenvalue weighted by atomic mass is 16.5. The molecule has 0 saturated heterocycles. The van der Waals surface area contributed by atoms with Crippen molar-refractivity contribution in [1.82, 2.24) is 10.3 Å². The van der Waals surface area contributed by atoms with Gasteiger partial charge in [0.25, 0.3) is 0 Å². The Labute approximate surface area is 125 Å². The monoisotopic (exact) mass is 284 g/mol. The van der Waals surface area contributed by atoms with E-state index in [2.05, 4.69) is 22.4 Å². The Hall–Kier alpha value is -2.07. The second kappa shape index (κ2) is 6.14. The molecule has 2 aromatic rings. The van der Waals surface area contributed by atoms with Gasteiger partial charge in [0, 0.05) is 30.4 Å². The summed E-state index contributed by atoms with van der Waals surface area (Å²) in [5.41, 5.74) is 3.42. The molecule has 0 amide bonds. The summed E-state index contributed by atoms with van der Waals surface area (Å²) in [6, 6.07) is 10.9. The molecule has 1 aliphatic carbocycles. The summed E-state index contributed by atoms with van der Waals surface area (Å²) in [5.74, 6) is 1.55. The molecule has 1 heterocycles. The largest absolute Gasteiger partial charge is 0.496 e. The maximum atomic E-state index is 5.46. The summed E-state index contributed by atoms with van der Waals surface area (Å²) in [7, 11) is 3.34. The van der Waals surface area contributed by atoms with Gasteiger partial charge in [0.15, 0.2) is 0 Å². The van der Waals surface area contributed by atoms with Crippen LogP contribution in [0.3, 0.4) is 0 Å². The lowest BCUT2D eigenvalue weighted by Gasteiger charge is -2.12. The zero-order valence-corrected chi connectivity index (χ0v) is 12.4. The Balaban J connectivity index is 1.88. The Kier molecular flexibility index (Phi) is 4.06. The van der Waals surface area contributed by atoms with Crippen LogP contribution in [0.1, 0.15) is 18.4 Å². The maximum absolute atomic E-state index is 5.46. The highest BCUT2D eigenvalue weighted by Gasteiger charge is 2.20. The summed E-state index contributed by atoms with van der Waals surface area (Å²) >= 11 is 0. The molecule has 1 aromatic carbocycles. The van der Waals surface area contributed by atoms with Gasteiger partial charge in [-0.25, -0.2) is 4.98 Å². The second-order valence-corrected chi connectivity index (χ2v) is 5.27. The van der Waals surface area contributed by atoms with Crippen LogP contribution in [0.25, 0.3) is 11.1 Å². The zero-order chi connectivity index (χ0) is 14.7. The van der Waals surface area contributed by atoms with Crippen molar-refractivity contribution in [1.29, 1.82) is 0 Å². The topological polar surface area (TPSA) is 43.4 Å². The van der Waals surface area contributed by atoms with E-state index in [1.807, 2.05) is 18.2 Å². The SMILES string of the molecule is COc1cc(-c2ccc(OC)c(CNC3CC3)c2)ccn1. The predicted molar refractivity (Wildman–Crippen MR) is 82.6 cm³/mol. The van der Waals surface area contributed by atoms with Crippen LogP contribution < -0.4 is 14.8 Å². The van der Waals surface area contributed by atoms with E-state index < -0.39 is 0 Å². The molecular weight excluding hydrogens is 264 g/mol. The molecule has 1 N–H and O–H groups in total. The highest BCUT2D eigenvalue weighted by molar-refractivity contribution is 5.66. The van der Waals surface area contributed by atoms with Crippen molar-refractivity contribution in [2.45, 2.75) is 25.4 Å². The van der Waals surface area contributed by atoms with Gasteiger partial charge in [-0.1, -0.05) is 6.07 Å². The Morgan fingerprint density at radius 2 is 1.90 bits per heavy atom. The van der Waals surface area contributed by atoms with Gasteiger partial charge in [-0.15, -0.1) is 0 Å². The third-order valence-electron chi connectivity index (χ3n) is 3.72. The van der Waals surface area contributed by atoms with Crippen molar-refractivity contribution >= 4 is 0 Å². The van der Waals surface area contributed by atoms with Crippen molar-refractivity contribution in [3.63, 3.8) is 0 Å². The van der Waals surface area contributed by atoms with Crippen LogP contribution in [0.5, 0.6) is 11.6 Å². The van der Waals surface area contributed by atoms with E-state index in [0.29, 0.717) is 11.9 Å².